The lowest BCUT2D eigenvalue weighted by molar-refractivity contribution is 0.0846. The van der Waals surface area contributed by atoms with E-state index in [-0.39, 0.29) is 0 Å². The average molecular weight is 344 g/mol. The molecule has 0 unspecified atom stereocenters. The summed E-state index contributed by atoms with van der Waals surface area (Å²) in [6.07, 6.45) is 0. The van der Waals surface area contributed by atoms with E-state index in [2.05, 4.69) is 10.9 Å². The second-order valence-electron chi connectivity index (χ2n) is 4.94. The summed E-state index contributed by atoms with van der Waals surface area (Å²) >= 11 is 0. The van der Waals surface area contributed by atoms with Crippen LogP contribution in [0.5, 0.6) is 17.2 Å². The minimum absolute atomic E-state index is 0.320. The van der Waals surface area contributed by atoms with Crippen molar-refractivity contribution in [1.82, 2.24) is 10.9 Å². The van der Waals surface area contributed by atoms with Crippen LogP contribution in [0.25, 0.3) is 0 Å². The van der Waals surface area contributed by atoms with Crippen LogP contribution in [0.15, 0.2) is 42.5 Å². The summed E-state index contributed by atoms with van der Waals surface area (Å²) in [5.41, 5.74) is 5.42. The van der Waals surface area contributed by atoms with Gasteiger partial charge in [0, 0.05) is 11.1 Å². The number of hydrazine groups is 1. The molecule has 0 bridgehead atoms. The van der Waals surface area contributed by atoms with Crippen molar-refractivity contribution in [3.63, 3.8) is 0 Å². The van der Waals surface area contributed by atoms with Crippen LogP contribution in [0, 0.1) is 0 Å². The third-order valence-corrected chi connectivity index (χ3v) is 3.34. The summed E-state index contributed by atoms with van der Waals surface area (Å²) in [6.45, 7) is 2.36. The van der Waals surface area contributed by atoms with Gasteiger partial charge in [0.05, 0.1) is 20.8 Å². The highest BCUT2D eigenvalue weighted by Crippen LogP contribution is 2.27. The predicted molar refractivity (Wildman–Crippen MR) is 92.1 cm³/mol. The minimum Gasteiger partial charge on any atom is -0.494 e. The first-order valence-corrected chi connectivity index (χ1v) is 7.64. The third-order valence-electron chi connectivity index (χ3n) is 3.34. The summed E-state index contributed by atoms with van der Waals surface area (Å²) in [4.78, 5) is 24.3. The summed E-state index contributed by atoms with van der Waals surface area (Å²) in [5, 5.41) is 0. The molecule has 2 amide bonds. The van der Waals surface area contributed by atoms with Crippen LogP contribution in [0.1, 0.15) is 27.6 Å². The van der Waals surface area contributed by atoms with Crippen LogP contribution < -0.4 is 25.1 Å². The van der Waals surface area contributed by atoms with Crippen molar-refractivity contribution in [1.29, 1.82) is 0 Å². The molecule has 0 aliphatic carbocycles. The SMILES string of the molecule is CCOc1cccc(C(=O)NNC(=O)c2ccc(OC)c(OC)c2)c1. The number of hydrogen-bond donors (Lipinski definition) is 2. The van der Waals surface area contributed by atoms with Gasteiger partial charge in [-0.05, 0) is 43.3 Å². The number of ether oxygens (including phenoxy) is 3. The zero-order valence-corrected chi connectivity index (χ0v) is 14.3. The lowest BCUT2D eigenvalue weighted by atomic mass is 10.2. The summed E-state index contributed by atoms with van der Waals surface area (Å²) in [5.74, 6) is 0.591. The highest BCUT2D eigenvalue weighted by atomic mass is 16.5. The standard InChI is InChI=1S/C18H20N2O5/c1-4-25-14-7-5-6-12(10-14)17(21)19-20-18(22)13-8-9-15(23-2)16(11-13)24-3/h5-11H,4H2,1-3H3,(H,19,21)(H,20,22). The van der Waals surface area contributed by atoms with Gasteiger partial charge in [-0.25, -0.2) is 0 Å². The first-order valence-electron chi connectivity index (χ1n) is 7.64. The van der Waals surface area contributed by atoms with Gasteiger partial charge in [-0.3, -0.25) is 20.4 Å². The molecular weight excluding hydrogens is 324 g/mol. The zero-order chi connectivity index (χ0) is 18.2. The first-order chi connectivity index (χ1) is 12.1. The van der Waals surface area contributed by atoms with Crippen molar-refractivity contribution in [2.45, 2.75) is 6.92 Å². The molecule has 132 valence electrons. The summed E-state index contributed by atoms with van der Waals surface area (Å²) in [6, 6.07) is 11.4. The molecule has 2 aromatic rings. The number of methoxy groups -OCH3 is 2. The lowest BCUT2D eigenvalue weighted by Crippen LogP contribution is -2.41. The minimum atomic E-state index is -0.477. The van der Waals surface area contributed by atoms with E-state index in [0.29, 0.717) is 35.0 Å². The number of nitrogens with one attached hydrogen (secondary N) is 2. The van der Waals surface area contributed by atoms with E-state index in [1.54, 1.807) is 36.4 Å². The second-order valence-corrected chi connectivity index (χ2v) is 4.94. The number of amides is 2. The first kappa shape index (κ1) is 18.1. The van der Waals surface area contributed by atoms with E-state index in [1.165, 1.54) is 20.3 Å². The normalized spacial score (nSPS) is 9.88. The van der Waals surface area contributed by atoms with Crippen molar-refractivity contribution < 1.29 is 23.8 Å². The molecule has 0 aromatic heterocycles. The Kier molecular flexibility index (Phi) is 6.22. The van der Waals surface area contributed by atoms with E-state index < -0.39 is 11.8 Å². The Bertz CT molecular complexity index is 761. The highest BCUT2D eigenvalue weighted by Gasteiger charge is 2.12. The van der Waals surface area contributed by atoms with Crippen LogP contribution in [-0.2, 0) is 0 Å². The van der Waals surface area contributed by atoms with Gasteiger partial charge in [-0.1, -0.05) is 6.07 Å². The molecule has 0 aliphatic heterocycles. The van der Waals surface area contributed by atoms with Gasteiger partial charge >= 0.3 is 0 Å². The Balaban J connectivity index is 2.02. The Morgan fingerprint density at radius 3 is 2.12 bits per heavy atom. The molecule has 0 saturated carbocycles. The number of carbonyl (C=O) groups is 2. The van der Waals surface area contributed by atoms with E-state index >= 15 is 0 Å². The molecule has 2 N–H and O–H groups in total. The number of hydrogen-bond acceptors (Lipinski definition) is 5. The maximum atomic E-state index is 12.2. The van der Waals surface area contributed by atoms with Crippen molar-refractivity contribution >= 4 is 11.8 Å². The smallest absolute Gasteiger partial charge is 0.269 e. The monoisotopic (exact) mass is 344 g/mol. The zero-order valence-electron chi connectivity index (χ0n) is 14.3. The summed E-state index contributed by atoms with van der Waals surface area (Å²) in [7, 11) is 2.99. The van der Waals surface area contributed by atoms with Gasteiger partial charge in [-0.15, -0.1) is 0 Å². The highest BCUT2D eigenvalue weighted by molar-refractivity contribution is 5.99. The van der Waals surface area contributed by atoms with Gasteiger partial charge in [0.1, 0.15) is 5.75 Å². The lowest BCUT2D eigenvalue weighted by Gasteiger charge is -2.11. The molecule has 0 aliphatic rings. The second kappa shape index (κ2) is 8.58. The van der Waals surface area contributed by atoms with Gasteiger partial charge in [0.2, 0.25) is 0 Å². The van der Waals surface area contributed by atoms with Crippen LogP contribution in [0.4, 0.5) is 0 Å². The Morgan fingerprint density at radius 2 is 1.52 bits per heavy atom. The van der Waals surface area contributed by atoms with Crippen LogP contribution in [0.2, 0.25) is 0 Å². The maximum absolute atomic E-state index is 12.2. The van der Waals surface area contributed by atoms with Crippen molar-refractivity contribution in [3.8, 4) is 17.2 Å². The molecule has 0 heterocycles. The topological polar surface area (TPSA) is 85.9 Å². The summed E-state index contributed by atoms with van der Waals surface area (Å²) < 4.78 is 15.6. The molecule has 7 nitrogen and oxygen atoms in total. The van der Waals surface area contributed by atoms with Crippen molar-refractivity contribution in [3.05, 3.63) is 53.6 Å². The molecule has 0 radical (unpaired) electrons. The number of carbonyl (C=O) groups excluding carboxylic acids is 2. The molecule has 25 heavy (non-hydrogen) atoms. The average Bonchev–Trinajstić information content (AvgIpc) is 2.65. The fourth-order valence-electron chi connectivity index (χ4n) is 2.13. The molecule has 7 heteroatoms. The van der Waals surface area contributed by atoms with Crippen molar-refractivity contribution in [2.75, 3.05) is 20.8 Å². The van der Waals surface area contributed by atoms with E-state index in [4.69, 9.17) is 14.2 Å². The molecule has 2 rings (SSSR count). The quantitative estimate of drug-likeness (QED) is 0.785. The fourth-order valence-corrected chi connectivity index (χ4v) is 2.13. The molecule has 0 fully saturated rings. The van der Waals surface area contributed by atoms with Crippen LogP contribution in [0.3, 0.4) is 0 Å². The van der Waals surface area contributed by atoms with E-state index in [0.717, 1.165) is 0 Å². The van der Waals surface area contributed by atoms with Crippen LogP contribution >= 0.6 is 0 Å². The fraction of sp³-hybridized carbons (Fsp3) is 0.222. The van der Waals surface area contributed by atoms with E-state index in [1.807, 2.05) is 6.92 Å². The number of benzene rings is 2. The molecular formula is C18H20N2O5. The van der Waals surface area contributed by atoms with E-state index in [9.17, 15) is 9.59 Å². The largest absolute Gasteiger partial charge is 0.494 e. The molecule has 2 aromatic carbocycles. The maximum Gasteiger partial charge on any atom is 0.269 e. The van der Waals surface area contributed by atoms with Gasteiger partial charge in [0.15, 0.2) is 11.5 Å². The molecule has 0 atom stereocenters. The van der Waals surface area contributed by atoms with Crippen molar-refractivity contribution in [2.24, 2.45) is 0 Å². The van der Waals surface area contributed by atoms with Crippen LogP contribution in [-0.4, -0.2) is 32.6 Å². The predicted octanol–water partition coefficient (Wildman–Crippen LogP) is 2.18. The third kappa shape index (κ3) is 4.63. The van der Waals surface area contributed by atoms with Gasteiger partial charge in [0.25, 0.3) is 11.8 Å². The van der Waals surface area contributed by atoms with Gasteiger partial charge < -0.3 is 14.2 Å². The Labute approximate surface area is 145 Å². The Morgan fingerprint density at radius 1 is 0.880 bits per heavy atom. The Hall–Kier alpha value is -3.22. The molecule has 0 spiro atoms. The molecule has 0 saturated heterocycles. The number of rotatable bonds is 6. The van der Waals surface area contributed by atoms with Gasteiger partial charge in [-0.2, -0.15) is 0 Å².